The molecule has 9 heteroatoms. The molecule has 0 unspecified atom stereocenters. The van der Waals surface area contributed by atoms with Crippen LogP contribution in [0.1, 0.15) is 18.4 Å². The highest BCUT2D eigenvalue weighted by Gasteiger charge is 2.26. The van der Waals surface area contributed by atoms with Crippen LogP contribution in [0.3, 0.4) is 0 Å². The van der Waals surface area contributed by atoms with Crippen molar-refractivity contribution in [1.29, 1.82) is 0 Å². The van der Waals surface area contributed by atoms with Crippen LogP contribution in [0.15, 0.2) is 23.3 Å². The molecule has 1 aliphatic rings. The second kappa shape index (κ2) is 5.99. The van der Waals surface area contributed by atoms with Gasteiger partial charge in [0, 0.05) is 17.7 Å². The Morgan fingerprint density at radius 1 is 1.38 bits per heavy atom. The summed E-state index contributed by atoms with van der Waals surface area (Å²) in [6.45, 7) is 0. The van der Waals surface area contributed by atoms with E-state index in [2.05, 4.69) is 10.4 Å². The molecule has 2 rings (SSSR count). The number of benzene rings is 1. The largest absolute Gasteiger partial charge is 0.502 e. The number of nitro benzene ring substituents is 1. The number of amides is 2. The van der Waals surface area contributed by atoms with E-state index in [-0.39, 0.29) is 6.04 Å². The molecule has 1 aliphatic carbocycles. The van der Waals surface area contributed by atoms with Crippen LogP contribution < -0.4 is 10.7 Å². The van der Waals surface area contributed by atoms with Crippen molar-refractivity contribution in [2.75, 3.05) is 0 Å². The van der Waals surface area contributed by atoms with Crippen molar-refractivity contribution in [3.63, 3.8) is 0 Å². The topological polar surface area (TPSA) is 134 Å². The molecule has 0 saturated heterocycles. The summed E-state index contributed by atoms with van der Waals surface area (Å²) < 4.78 is 0. The van der Waals surface area contributed by atoms with Gasteiger partial charge in [0.15, 0.2) is 5.75 Å². The summed E-state index contributed by atoms with van der Waals surface area (Å²) in [5, 5.41) is 25.9. The lowest BCUT2D eigenvalue weighted by Gasteiger charge is -2.01. The van der Waals surface area contributed by atoms with Crippen molar-refractivity contribution in [2.24, 2.45) is 5.10 Å². The van der Waals surface area contributed by atoms with Crippen molar-refractivity contribution in [1.82, 2.24) is 10.7 Å². The number of rotatable bonds is 4. The molecule has 1 saturated carbocycles. The summed E-state index contributed by atoms with van der Waals surface area (Å²) >= 11 is 0. The maximum absolute atomic E-state index is 11.3. The fourth-order valence-electron chi connectivity index (χ4n) is 1.46. The number of aromatic hydroxyl groups is 1. The van der Waals surface area contributed by atoms with Crippen LogP contribution >= 0.6 is 0 Å². The number of hydrogen-bond donors (Lipinski definition) is 3. The predicted molar refractivity (Wildman–Crippen MR) is 71.7 cm³/mol. The third kappa shape index (κ3) is 4.00. The minimum absolute atomic E-state index is 0.0620. The molecule has 3 N–H and O–H groups in total. The molecule has 0 bridgehead atoms. The number of carbonyl (C=O) groups is 2. The first-order valence-corrected chi connectivity index (χ1v) is 6.08. The predicted octanol–water partition coefficient (Wildman–Crippen LogP) is 0.0291. The van der Waals surface area contributed by atoms with Gasteiger partial charge < -0.3 is 10.4 Å². The Balaban J connectivity index is 1.94. The van der Waals surface area contributed by atoms with Gasteiger partial charge in [0.25, 0.3) is 0 Å². The zero-order valence-corrected chi connectivity index (χ0v) is 10.8. The third-order valence-electron chi connectivity index (χ3n) is 2.69. The standard InChI is InChI=1S/C12H12N4O5/c17-10-4-1-7(5-9(10)16(20)21)6-13-15-12(19)11(18)14-8-2-3-8/h1,4-6,8,17H,2-3H2,(H,14,18)(H,15,19)/b13-6-. The number of nitro groups is 1. The smallest absolute Gasteiger partial charge is 0.329 e. The lowest BCUT2D eigenvalue weighted by Crippen LogP contribution is -2.38. The molecule has 0 atom stereocenters. The fourth-order valence-corrected chi connectivity index (χ4v) is 1.46. The Kier molecular flexibility index (Phi) is 4.12. The van der Waals surface area contributed by atoms with Crippen LogP contribution in [0, 0.1) is 10.1 Å². The van der Waals surface area contributed by atoms with Crippen molar-refractivity contribution in [3.8, 4) is 5.75 Å². The number of nitrogens with zero attached hydrogens (tertiary/aromatic N) is 2. The molecule has 0 radical (unpaired) electrons. The third-order valence-corrected chi connectivity index (χ3v) is 2.69. The number of hydrogen-bond acceptors (Lipinski definition) is 6. The molecule has 1 aromatic rings. The summed E-state index contributed by atoms with van der Waals surface area (Å²) in [4.78, 5) is 32.5. The Bertz CT molecular complexity index is 624. The van der Waals surface area contributed by atoms with E-state index in [4.69, 9.17) is 0 Å². The highest BCUT2D eigenvalue weighted by atomic mass is 16.6. The van der Waals surface area contributed by atoms with E-state index in [1.165, 1.54) is 6.07 Å². The highest BCUT2D eigenvalue weighted by molar-refractivity contribution is 6.35. The summed E-state index contributed by atoms with van der Waals surface area (Å²) in [5.74, 6) is -2.15. The number of phenols is 1. The Labute approximate surface area is 118 Å². The van der Waals surface area contributed by atoms with E-state index in [0.717, 1.165) is 31.2 Å². The van der Waals surface area contributed by atoms with Crippen LogP contribution in [-0.2, 0) is 9.59 Å². The molecular formula is C12H12N4O5. The average molecular weight is 292 g/mol. The quantitative estimate of drug-likeness (QED) is 0.311. The lowest BCUT2D eigenvalue weighted by atomic mass is 10.2. The van der Waals surface area contributed by atoms with Crippen LogP contribution in [-0.4, -0.2) is 34.1 Å². The lowest BCUT2D eigenvalue weighted by molar-refractivity contribution is -0.385. The fraction of sp³-hybridized carbons (Fsp3) is 0.250. The molecule has 0 aliphatic heterocycles. The van der Waals surface area contributed by atoms with E-state index in [1.54, 1.807) is 0 Å². The van der Waals surface area contributed by atoms with E-state index >= 15 is 0 Å². The zero-order valence-electron chi connectivity index (χ0n) is 10.8. The van der Waals surface area contributed by atoms with Gasteiger partial charge in [-0.05, 0) is 25.0 Å². The van der Waals surface area contributed by atoms with E-state index < -0.39 is 28.2 Å². The Morgan fingerprint density at radius 3 is 2.71 bits per heavy atom. The summed E-state index contributed by atoms with van der Waals surface area (Å²) in [6, 6.07) is 3.67. The number of phenolic OH excluding ortho intramolecular Hbond substituents is 1. The normalized spacial score (nSPS) is 13.9. The van der Waals surface area contributed by atoms with Gasteiger partial charge >= 0.3 is 17.5 Å². The van der Waals surface area contributed by atoms with Gasteiger partial charge in [-0.15, -0.1) is 0 Å². The van der Waals surface area contributed by atoms with Crippen molar-refractivity contribution < 1.29 is 19.6 Å². The Morgan fingerprint density at radius 2 is 2.10 bits per heavy atom. The van der Waals surface area contributed by atoms with Crippen molar-refractivity contribution in [3.05, 3.63) is 33.9 Å². The monoisotopic (exact) mass is 292 g/mol. The maximum atomic E-state index is 11.3. The van der Waals surface area contributed by atoms with Crippen LogP contribution in [0.4, 0.5) is 5.69 Å². The second-order valence-electron chi connectivity index (χ2n) is 4.45. The molecule has 0 heterocycles. The summed E-state index contributed by atoms with van der Waals surface area (Å²) in [5.41, 5.74) is 1.83. The van der Waals surface area contributed by atoms with Crippen molar-refractivity contribution >= 4 is 23.7 Å². The zero-order chi connectivity index (χ0) is 15.4. The van der Waals surface area contributed by atoms with Crippen LogP contribution in [0.2, 0.25) is 0 Å². The van der Waals surface area contributed by atoms with Crippen LogP contribution in [0.5, 0.6) is 5.75 Å². The van der Waals surface area contributed by atoms with Gasteiger partial charge in [-0.25, -0.2) is 5.43 Å². The van der Waals surface area contributed by atoms with Crippen LogP contribution in [0.25, 0.3) is 0 Å². The molecule has 21 heavy (non-hydrogen) atoms. The van der Waals surface area contributed by atoms with Gasteiger partial charge in [-0.3, -0.25) is 19.7 Å². The molecule has 1 fully saturated rings. The summed E-state index contributed by atoms with van der Waals surface area (Å²) in [7, 11) is 0. The number of nitrogens with one attached hydrogen (secondary N) is 2. The molecule has 0 spiro atoms. The molecule has 110 valence electrons. The van der Waals surface area contributed by atoms with Gasteiger partial charge in [-0.1, -0.05) is 0 Å². The maximum Gasteiger partial charge on any atom is 0.329 e. The first kappa shape index (κ1) is 14.4. The molecule has 9 nitrogen and oxygen atoms in total. The average Bonchev–Trinajstić information content (AvgIpc) is 3.24. The van der Waals surface area contributed by atoms with E-state index in [1.807, 2.05) is 5.43 Å². The summed E-state index contributed by atoms with van der Waals surface area (Å²) in [6.07, 6.45) is 2.85. The van der Waals surface area contributed by atoms with E-state index in [0.29, 0.717) is 5.56 Å². The molecule has 1 aromatic carbocycles. The second-order valence-corrected chi connectivity index (χ2v) is 4.45. The minimum Gasteiger partial charge on any atom is -0.502 e. The molecule has 2 amide bonds. The number of hydrazone groups is 1. The SMILES string of the molecule is O=C(N/N=C\c1ccc(O)c([N+](=O)[O-])c1)C(=O)NC1CC1. The van der Waals surface area contributed by atoms with E-state index in [9.17, 15) is 24.8 Å². The van der Waals surface area contributed by atoms with Gasteiger partial charge in [-0.2, -0.15) is 5.10 Å². The highest BCUT2D eigenvalue weighted by Crippen LogP contribution is 2.25. The van der Waals surface area contributed by atoms with Crippen molar-refractivity contribution in [2.45, 2.75) is 18.9 Å². The molecular weight excluding hydrogens is 280 g/mol. The molecule has 0 aromatic heterocycles. The first-order chi connectivity index (χ1) is 9.97. The Hall–Kier alpha value is -2.97. The minimum atomic E-state index is -0.911. The van der Waals surface area contributed by atoms with Gasteiger partial charge in [0.2, 0.25) is 0 Å². The van der Waals surface area contributed by atoms with Gasteiger partial charge in [0.1, 0.15) is 0 Å². The number of carbonyl (C=O) groups excluding carboxylic acids is 2. The van der Waals surface area contributed by atoms with Gasteiger partial charge in [0.05, 0.1) is 11.1 Å². The first-order valence-electron chi connectivity index (χ1n) is 6.08.